The third-order valence-electron chi connectivity index (χ3n) is 12.2. The minimum absolute atomic E-state index is 0.0115. The zero-order chi connectivity index (χ0) is 41.1. The Hall–Kier alpha value is -5.49. The van der Waals surface area contributed by atoms with Gasteiger partial charge in [-0.05, 0) is 80.8 Å². The number of alkyl carbamates (subject to hydrolysis) is 1. The van der Waals surface area contributed by atoms with Crippen LogP contribution in [-0.4, -0.2) is 76.1 Å². The molecule has 1 unspecified atom stereocenters. The van der Waals surface area contributed by atoms with Crippen molar-refractivity contribution >= 4 is 47.8 Å². The van der Waals surface area contributed by atoms with E-state index in [4.69, 9.17) is 9.47 Å². The van der Waals surface area contributed by atoms with E-state index in [1.165, 1.54) is 15.9 Å². The third-order valence-corrected chi connectivity index (χ3v) is 14.8. The lowest BCUT2D eigenvalue weighted by atomic mass is 9.96. The number of hydrogen-bond acceptors (Lipinski definition) is 8. The summed E-state index contributed by atoms with van der Waals surface area (Å²) in [6, 6.07) is 19.8. The molecule has 5 atom stereocenters. The van der Waals surface area contributed by atoms with Gasteiger partial charge in [0.05, 0.1) is 13.1 Å². The summed E-state index contributed by atoms with van der Waals surface area (Å²) in [7, 11) is -3.76. The Morgan fingerprint density at radius 3 is 2.24 bits per heavy atom. The summed E-state index contributed by atoms with van der Waals surface area (Å²) in [5, 5.41) is 9.44. The molecule has 8 rings (SSSR count). The average Bonchev–Trinajstić information content (AvgIpc) is 3.51. The number of carbonyl (C=O) groups excluding carboxylic acids is 5. The van der Waals surface area contributed by atoms with Gasteiger partial charge in [0.15, 0.2) is 0 Å². The highest BCUT2D eigenvalue weighted by Crippen LogP contribution is 2.49. The number of rotatable bonds is 7. The maximum absolute atomic E-state index is 15.0. The van der Waals surface area contributed by atoms with Crippen LogP contribution in [0.2, 0.25) is 0 Å². The van der Waals surface area contributed by atoms with Gasteiger partial charge < -0.3 is 25.0 Å². The van der Waals surface area contributed by atoms with Crippen LogP contribution in [0.15, 0.2) is 91.0 Å². The molecule has 3 aliphatic heterocycles. The number of nitrogens with one attached hydrogen (secondary N) is 3. The number of carbonyl (C=O) groups is 5. The van der Waals surface area contributed by atoms with Gasteiger partial charge in [-0.2, -0.15) is 0 Å². The molecule has 5 aliphatic rings. The Balaban J connectivity index is 1.07. The van der Waals surface area contributed by atoms with Crippen molar-refractivity contribution in [2.75, 3.05) is 6.54 Å². The van der Waals surface area contributed by atoms with Gasteiger partial charge in [-0.1, -0.05) is 73.5 Å². The van der Waals surface area contributed by atoms with Crippen molar-refractivity contribution in [3.8, 4) is 0 Å². The second-order valence-corrected chi connectivity index (χ2v) is 18.7. The molecule has 59 heavy (non-hydrogen) atoms. The van der Waals surface area contributed by atoms with Crippen molar-refractivity contribution in [1.82, 2.24) is 25.5 Å². The average molecular weight is 826 g/mol. The summed E-state index contributed by atoms with van der Waals surface area (Å²) in [6.45, 7) is -0.00630. The molecule has 3 N–H and O–H groups in total. The topological polar surface area (TPSA) is 163 Å². The molecular weight excluding hydrogens is 776 g/mol. The van der Waals surface area contributed by atoms with E-state index in [0.717, 1.165) is 32.1 Å². The van der Waals surface area contributed by atoms with Crippen LogP contribution in [0.3, 0.4) is 0 Å². The Kier molecular flexibility index (Phi) is 11.6. The molecule has 5 amide bonds. The second kappa shape index (κ2) is 17.0. The molecule has 15 heteroatoms. The minimum Gasteiger partial charge on any atom is -0.446 e. The van der Waals surface area contributed by atoms with Crippen molar-refractivity contribution in [3.05, 3.63) is 108 Å². The number of hydrogen-bond donors (Lipinski definition) is 3. The van der Waals surface area contributed by atoms with Crippen LogP contribution in [-0.2, 0) is 41.5 Å². The number of halogens is 1. The molecule has 0 spiro atoms. The predicted octanol–water partition coefficient (Wildman–Crippen LogP) is 5.34. The van der Waals surface area contributed by atoms with Crippen LogP contribution in [0.25, 0.3) is 0 Å². The number of fused-ring (bicyclic) bond motifs is 3. The smallest absolute Gasteiger partial charge is 0.410 e. The van der Waals surface area contributed by atoms with Gasteiger partial charge in [0.2, 0.25) is 19.1 Å². The molecule has 0 bridgehead atoms. The summed E-state index contributed by atoms with van der Waals surface area (Å²) in [4.78, 5) is 73.0. The molecule has 3 aromatic rings. The summed E-state index contributed by atoms with van der Waals surface area (Å²) in [6.07, 6.45) is 7.02. The summed E-state index contributed by atoms with van der Waals surface area (Å²) >= 11 is 0. The lowest BCUT2D eigenvalue weighted by Gasteiger charge is -2.31. The molecule has 1 saturated heterocycles. The highest BCUT2D eigenvalue weighted by Gasteiger charge is 2.62. The van der Waals surface area contributed by atoms with E-state index in [2.05, 4.69) is 15.7 Å². The molecule has 2 saturated carbocycles. The van der Waals surface area contributed by atoms with Gasteiger partial charge in [-0.15, -0.1) is 0 Å². The van der Waals surface area contributed by atoms with Crippen LogP contribution < -0.4 is 26.3 Å². The van der Waals surface area contributed by atoms with Gasteiger partial charge in [-0.3, -0.25) is 28.9 Å². The second-order valence-electron chi connectivity index (χ2n) is 16.2. The van der Waals surface area contributed by atoms with Gasteiger partial charge in [0.25, 0.3) is 5.91 Å². The minimum atomic E-state index is -3.76. The van der Waals surface area contributed by atoms with Crippen molar-refractivity contribution < 1.29 is 42.4 Å². The summed E-state index contributed by atoms with van der Waals surface area (Å²) in [5.41, 5.74) is -0.424. The number of amides is 5. The van der Waals surface area contributed by atoms with Crippen LogP contribution >= 0.6 is 7.29 Å². The van der Waals surface area contributed by atoms with E-state index < -0.39 is 72.7 Å². The van der Waals surface area contributed by atoms with E-state index in [9.17, 15) is 32.9 Å². The first-order valence-corrected chi connectivity index (χ1v) is 22.3. The molecule has 3 aromatic carbocycles. The van der Waals surface area contributed by atoms with Crippen molar-refractivity contribution in [2.45, 2.75) is 107 Å². The lowest BCUT2D eigenvalue weighted by molar-refractivity contribution is -0.141. The third kappa shape index (κ3) is 8.50. The molecule has 3 heterocycles. The summed E-state index contributed by atoms with van der Waals surface area (Å²) < 4.78 is 41.0. The van der Waals surface area contributed by atoms with E-state index in [0.29, 0.717) is 41.0 Å². The van der Waals surface area contributed by atoms with E-state index >= 15 is 0 Å². The molecule has 13 nitrogen and oxygen atoms in total. The molecular formula is C44H49FN5O8P. The van der Waals surface area contributed by atoms with Gasteiger partial charge in [0.1, 0.15) is 35.6 Å². The monoisotopic (exact) mass is 825 g/mol. The zero-order valence-corrected chi connectivity index (χ0v) is 33.6. The zero-order valence-electron chi connectivity index (χ0n) is 32.7. The fourth-order valence-corrected chi connectivity index (χ4v) is 10.7. The van der Waals surface area contributed by atoms with Crippen molar-refractivity contribution in [2.24, 2.45) is 5.92 Å². The normalized spacial score (nSPS) is 26.4. The fourth-order valence-electron chi connectivity index (χ4n) is 8.51. The largest absolute Gasteiger partial charge is 0.446 e. The standard InChI is InChI=1S/C44H49FN5O8P/c45-36-22-12-14-29-26-49(28-35(29)36)43(55)58-32-24-38-39(51)47-44(41(53)48-59(56,33-18-7-4-8-19-33)34-20-9-5-10-21-34)25-30(44)15-6-2-1-3-11-23-37(40(52)50(38)27-32)46-42(54)57-31-16-13-17-31/h4-10,12,14-15,18-22,30-32,37-38H,1-3,11,13,16-17,23-28H2,(H,46,54)(H,47,51)(H,48,53,56)/b15-6-/t30?,32-,37+,38+,44-/m1/s1. The van der Waals surface area contributed by atoms with Gasteiger partial charge in [-0.25, -0.2) is 14.0 Å². The Labute approximate surface area is 342 Å². The van der Waals surface area contributed by atoms with E-state index in [1.54, 1.807) is 72.8 Å². The first-order valence-electron chi connectivity index (χ1n) is 20.6. The van der Waals surface area contributed by atoms with Crippen LogP contribution in [0.5, 0.6) is 0 Å². The molecule has 0 aromatic heterocycles. The predicted molar refractivity (Wildman–Crippen MR) is 216 cm³/mol. The molecule has 0 radical (unpaired) electrons. The van der Waals surface area contributed by atoms with Crippen molar-refractivity contribution in [1.29, 1.82) is 0 Å². The number of nitrogens with zero attached hydrogens (tertiary/aromatic N) is 2. The molecule has 2 aliphatic carbocycles. The van der Waals surface area contributed by atoms with Crippen LogP contribution in [0.1, 0.15) is 75.3 Å². The summed E-state index contributed by atoms with van der Waals surface area (Å²) in [5.74, 6) is -2.67. The number of allylic oxidation sites excluding steroid dienone is 1. The lowest BCUT2D eigenvalue weighted by Crippen LogP contribution is -2.58. The van der Waals surface area contributed by atoms with Gasteiger partial charge >= 0.3 is 12.2 Å². The van der Waals surface area contributed by atoms with E-state index in [1.807, 2.05) is 12.2 Å². The highest BCUT2D eigenvalue weighted by atomic mass is 31.2. The SMILES string of the molecule is O=C(N[C@H]1CCCCC/C=C\C2C[C@@]2(C(=O)NP(=O)(c2ccccc2)c2ccccc2)NC(=O)[C@@H]2C[C@@H](OC(=O)N3Cc4cccc(F)c4C3)CN2C1=O)OC1CCC1. The maximum Gasteiger partial charge on any atom is 0.410 e. The number of ether oxygens (including phenoxy) is 2. The number of benzene rings is 3. The Bertz CT molecular complexity index is 2130. The van der Waals surface area contributed by atoms with E-state index in [-0.39, 0.29) is 38.6 Å². The Morgan fingerprint density at radius 1 is 0.831 bits per heavy atom. The molecule has 3 fully saturated rings. The highest BCUT2D eigenvalue weighted by molar-refractivity contribution is 7.77. The molecule has 310 valence electrons. The quantitative estimate of drug-likeness (QED) is 0.213. The Morgan fingerprint density at radius 2 is 1.56 bits per heavy atom. The maximum atomic E-state index is 15.0. The van der Waals surface area contributed by atoms with Crippen LogP contribution in [0.4, 0.5) is 14.0 Å². The van der Waals surface area contributed by atoms with Crippen molar-refractivity contribution in [3.63, 3.8) is 0 Å². The van der Waals surface area contributed by atoms with Crippen LogP contribution in [0, 0.1) is 11.7 Å². The first-order chi connectivity index (χ1) is 28.5. The fraction of sp³-hybridized carbons (Fsp3) is 0.432. The van der Waals surface area contributed by atoms with Gasteiger partial charge in [0, 0.05) is 35.1 Å². The first kappa shape index (κ1) is 40.3.